The molecule has 2 aromatic carbocycles. The van der Waals surface area contributed by atoms with Crippen LogP contribution in [0.4, 0.5) is 0 Å². The van der Waals surface area contributed by atoms with Crippen LogP contribution >= 0.6 is 15.9 Å². The molecule has 34 heavy (non-hydrogen) atoms. The van der Waals surface area contributed by atoms with E-state index in [1.165, 1.54) is 0 Å². The molecular formula is C25H18BrN7O. The van der Waals surface area contributed by atoms with Gasteiger partial charge in [-0.2, -0.15) is 5.26 Å². The first kappa shape index (κ1) is 21.6. The first-order chi connectivity index (χ1) is 16.7. The Morgan fingerprint density at radius 2 is 1.85 bits per heavy atom. The number of nitriles is 1. The van der Waals surface area contributed by atoms with Crippen molar-refractivity contribution in [1.29, 1.82) is 5.26 Å². The van der Waals surface area contributed by atoms with Crippen LogP contribution in [-0.4, -0.2) is 30.6 Å². The summed E-state index contributed by atoms with van der Waals surface area (Å²) in [7, 11) is 0. The lowest BCUT2D eigenvalue weighted by Crippen LogP contribution is -2.00. The topological polar surface area (TPSA) is 93.4 Å². The van der Waals surface area contributed by atoms with Gasteiger partial charge in [-0.25, -0.2) is 9.67 Å². The minimum absolute atomic E-state index is 0.185. The summed E-state index contributed by atoms with van der Waals surface area (Å²) in [5.74, 6) is 0. The normalized spacial score (nSPS) is 11.2. The molecule has 9 heteroatoms. The molecule has 0 amide bonds. The van der Waals surface area contributed by atoms with Gasteiger partial charge < -0.3 is 4.84 Å². The monoisotopic (exact) mass is 511 g/mol. The number of imidazole rings is 1. The smallest absolute Gasteiger partial charge is 0.162 e. The van der Waals surface area contributed by atoms with Gasteiger partial charge in [0.15, 0.2) is 6.61 Å². The molecule has 0 aliphatic carbocycles. The van der Waals surface area contributed by atoms with Crippen molar-refractivity contribution in [3.05, 3.63) is 106 Å². The van der Waals surface area contributed by atoms with E-state index in [2.05, 4.69) is 37.5 Å². The largest absolute Gasteiger partial charge is 0.389 e. The maximum absolute atomic E-state index is 8.91. The zero-order valence-corrected chi connectivity index (χ0v) is 19.5. The lowest BCUT2D eigenvalue weighted by molar-refractivity contribution is 0.129. The van der Waals surface area contributed by atoms with Gasteiger partial charge in [-0.1, -0.05) is 52.8 Å². The number of oxime groups is 1. The van der Waals surface area contributed by atoms with Crippen molar-refractivity contribution in [2.45, 2.75) is 13.2 Å². The highest BCUT2D eigenvalue weighted by atomic mass is 79.9. The van der Waals surface area contributed by atoms with Crippen LogP contribution in [0.5, 0.6) is 0 Å². The molecule has 0 saturated heterocycles. The molecule has 0 saturated carbocycles. The van der Waals surface area contributed by atoms with Crippen LogP contribution in [0.1, 0.15) is 22.5 Å². The maximum Gasteiger partial charge on any atom is 0.162 e. The minimum Gasteiger partial charge on any atom is -0.389 e. The Morgan fingerprint density at radius 3 is 2.65 bits per heavy atom. The molecule has 0 N–H and O–H groups in total. The second-order valence-corrected chi connectivity index (χ2v) is 8.43. The third-order valence-corrected chi connectivity index (χ3v) is 5.61. The standard InChI is InChI=1S/C25H18BrN7O/c26-21-10-11-24-29-25(20-4-2-1-3-5-20)23(33(24)15-21)13-28-34-17-22-16-32(31-30-22)14-19-8-6-18(12-27)7-9-19/h1-11,13,15-16H,14,17H2/b28-13+. The average molecular weight is 512 g/mol. The van der Waals surface area contributed by atoms with Gasteiger partial charge in [-0.3, -0.25) is 4.40 Å². The quantitative estimate of drug-likeness (QED) is 0.230. The first-order valence-corrected chi connectivity index (χ1v) is 11.3. The molecule has 0 atom stereocenters. The molecule has 3 aromatic heterocycles. The van der Waals surface area contributed by atoms with Gasteiger partial charge in [-0.05, 0) is 45.8 Å². The molecule has 5 rings (SSSR count). The van der Waals surface area contributed by atoms with Crippen LogP contribution in [0.15, 0.2) is 88.8 Å². The number of aromatic nitrogens is 5. The van der Waals surface area contributed by atoms with Crippen LogP contribution in [0.25, 0.3) is 16.9 Å². The van der Waals surface area contributed by atoms with Crippen LogP contribution in [0.3, 0.4) is 0 Å². The number of benzene rings is 2. The number of hydrogen-bond donors (Lipinski definition) is 0. The van der Waals surface area contributed by atoms with Crippen LogP contribution in [-0.2, 0) is 18.0 Å². The first-order valence-electron chi connectivity index (χ1n) is 10.5. The Kier molecular flexibility index (Phi) is 6.14. The molecule has 0 fully saturated rings. The highest BCUT2D eigenvalue weighted by Gasteiger charge is 2.13. The molecule has 0 unspecified atom stereocenters. The van der Waals surface area contributed by atoms with E-state index in [-0.39, 0.29) is 6.61 Å². The summed E-state index contributed by atoms with van der Waals surface area (Å²) in [6.45, 7) is 0.740. The number of rotatable bonds is 7. The van der Waals surface area contributed by atoms with Crippen molar-refractivity contribution in [1.82, 2.24) is 24.4 Å². The Bertz CT molecular complexity index is 1500. The summed E-state index contributed by atoms with van der Waals surface area (Å²) < 4.78 is 4.62. The fourth-order valence-corrected chi connectivity index (χ4v) is 3.85. The van der Waals surface area contributed by atoms with E-state index >= 15 is 0 Å². The molecule has 0 aliphatic rings. The summed E-state index contributed by atoms with van der Waals surface area (Å²) >= 11 is 3.52. The Morgan fingerprint density at radius 1 is 1.03 bits per heavy atom. The van der Waals surface area contributed by atoms with E-state index in [0.717, 1.165) is 32.6 Å². The number of pyridine rings is 1. The summed E-state index contributed by atoms with van der Waals surface area (Å²) in [6, 6.07) is 23.4. The molecule has 166 valence electrons. The van der Waals surface area contributed by atoms with E-state index < -0.39 is 0 Å². The van der Waals surface area contributed by atoms with Crippen LogP contribution in [0.2, 0.25) is 0 Å². The fourth-order valence-electron chi connectivity index (χ4n) is 3.51. The minimum atomic E-state index is 0.185. The van der Waals surface area contributed by atoms with E-state index in [1.54, 1.807) is 23.0 Å². The highest BCUT2D eigenvalue weighted by Crippen LogP contribution is 2.24. The van der Waals surface area contributed by atoms with E-state index in [9.17, 15) is 0 Å². The molecule has 0 spiro atoms. The van der Waals surface area contributed by atoms with Crippen molar-refractivity contribution in [3.8, 4) is 17.3 Å². The Labute approximate surface area is 203 Å². The zero-order valence-electron chi connectivity index (χ0n) is 17.9. The Hall–Kier alpha value is -4.29. The van der Waals surface area contributed by atoms with Gasteiger partial charge in [0.1, 0.15) is 11.3 Å². The van der Waals surface area contributed by atoms with Crippen LogP contribution in [0, 0.1) is 11.3 Å². The van der Waals surface area contributed by atoms with E-state index in [4.69, 9.17) is 15.1 Å². The number of hydrogen-bond acceptors (Lipinski definition) is 6. The molecule has 0 radical (unpaired) electrons. The molecule has 0 bridgehead atoms. The van der Waals surface area contributed by atoms with Crippen molar-refractivity contribution in [2.75, 3.05) is 0 Å². The van der Waals surface area contributed by atoms with Gasteiger partial charge in [0.2, 0.25) is 0 Å². The fraction of sp³-hybridized carbons (Fsp3) is 0.0800. The van der Waals surface area contributed by atoms with Gasteiger partial charge in [0.25, 0.3) is 0 Å². The summed E-state index contributed by atoms with van der Waals surface area (Å²) in [4.78, 5) is 10.3. The van der Waals surface area contributed by atoms with Crippen molar-refractivity contribution >= 4 is 27.8 Å². The number of nitrogens with zero attached hydrogens (tertiary/aromatic N) is 7. The van der Waals surface area contributed by atoms with Gasteiger partial charge in [0.05, 0.1) is 42.0 Å². The van der Waals surface area contributed by atoms with Crippen molar-refractivity contribution < 1.29 is 4.84 Å². The third-order valence-electron chi connectivity index (χ3n) is 5.14. The zero-order chi connectivity index (χ0) is 23.3. The van der Waals surface area contributed by atoms with Crippen LogP contribution < -0.4 is 0 Å². The second-order valence-electron chi connectivity index (χ2n) is 7.51. The molecule has 5 aromatic rings. The second kappa shape index (κ2) is 9.68. The van der Waals surface area contributed by atoms with E-state index in [1.807, 2.05) is 71.4 Å². The molecule has 0 aliphatic heterocycles. The number of halogens is 1. The summed E-state index contributed by atoms with van der Waals surface area (Å²) in [5, 5.41) is 21.4. The van der Waals surface area contributed by atoms with Gasteiger partial charge in [0, 0.05) is 16.2 Å². The van der Waals surface area contributed by atoms with Crippen molar-refractivity contribution in [3.63, 3.8) is 0 Å². The maximum atomic E-state index is 8.91. The predicted molar refractivity (Wildman–Crippen MR) is 131 cm³/mol. The van der Waals surface area contributed by atoms with Gasteiger partial charge in [-0.15, -0.1) is 5.10 Å². The highest BCUT2D eigenvalue weighted by molar-refractivity contribution is 9.10. The number of fused-ring (bicyclic) bond motifs is 1. The molecule has 8 nitrogen and oxygen atoms in total. The van der Waals surface area contributed by atoms with Crippen molar-refractivity contribution in [2.24, 2.45) is 5.16 Å². The predicted octanol–water partition coefficient (Wildman–Crippen LogP) is 4.83. The third kappa shape index (κ3) is 4.72. The lowest BCUT2D eigenvalue weighted by Gasteiger charge is -2.01. The molecular weight excluding hydrogens is 494 g/mol. The lowest BCUT2D eigenvalue weighted by atomic mass is 10.1. The summed E-state index contributed by atoms with van der Waals surface area (Å²) in [5.41, 5.74) is 5.76. The van der Waals surface area contributed by atoms with Gasteiger partial charge >= 0.3 is 0 Å². The Balaban J connectivity index is 1.30. The van der Waals surface area contributed by atoms with E-state index in [0.29, 0.717) is 17.8 Å². The summed E-state index contributed by atoms with van der Waals surface area (Å²) in [6.07, 6.45) is 5.43. The average Bonchev–Trinajstić information content (AvgIpc) is 3.47. The SMILES string of the molecule is N#Cc1ccc(Cn2cc(CO/N=C/c3c(-c4ccccc4)nc4ccc(Br)cn34)nn2)cc1. The molecule has 3 heterocycles.